The summed E-state index contributed by atoms with van der Waals surface area (Å²) in [5.41, 5.74) is 2.88. The highest BCUT2D eigenvalue weighted by atomic mass is 35.5. The van der Waals surface area contributed by atoms with Crippen LogP contribution in [0, 0.1) is 5.82 Å². The van der Waals surface area contributed by atoms with Crippen molar-refractivity contribution in [1.29, 1.82) is 0 Å². The second kappa shape index (κ2) is 8.64. The number of hydrogen-bond acceptors (Lipinski definition) is 2. The fraction of sp³-hybridized carbons (Fsp3) is 0.391. The smallest absolute Gasteiger partial charge is 0.129 e. The van der Waals surface area contributed by atoms with E-state index >= 15 is 0 Å². The molecule has 1 atom stereocenters. The monoisotopic (exact) mass is 399 g/mol. The highest BCUT2D eigenvalue weighted by Gasteiger charge is 2.22. The molecule has 1 N–H and O–H groups in total. The Bertz CT molecular complexity index is 932. The first-order chi connectivity index (χ1) is 13.7. The Balaban J connectivity index is 1.53. The van der Waals surface area contributed by atoms with E-state index in [0.29, 0.717) is 23.2 Å². The molecule has 0 unspecified atom stereocenters. The molecule has 0 spiro atoms. The largest absolute Gasteiger partial charge is 0.343 e. The van der Waals surface area contributed by atoms with Crippen LogP contribution in [0.3, 0.4) is 0 Å². The van der Waals surface area contributed by atoms with Gasteiger partial charge in [0.25, 0.3) is 0 Å². The Labute approximate surface area is 171 Å². The predicted octanol–water partition coefficient (Wildman–Crippen LogP) is 5.06. The van der Waals surface area contributed by atoms with Crippen LogP contribution in [-0.4, -0.2) is 35.1 Å². The van der Waals surface area contributed by atoms with Crippen molar-refractivity contribution in [3.05, 3.63) is 70.6 Å². The standard InChI is InChI=1S/C23H27ClFN3/c1-2-27-12-6-7-18(27)14-26-13-17-15-28(23-11-4-3-8-19(17)23)16-20-21(24)9-5-10-22(20)25/h3-5,8-11,15,18,26H,2,6-7,12-14,16H2,1H3/t18-/m1/s1. The lowest BCUT2D eigenvalue weighted by atomic mass is 10.1. The molecule has 1 saturated heterocycles. The van der Waals surface area contributed by atoms with Gasteiger partial charge in [-0.15, -0.1) is 0 Å². The van der Waals surface area contributed by atoms with E-state index in [4.69, 9.17) is 11.6 Å². The Morgan fingerprint density at radius 3 is 2.86 bits per heavy atom. The molecule has 2 heterocycles. The van der Waals surface area contributed by atoms with Gasteiger partial charge >= 0.3 is 0 Å². The number of nitrogens with zero attached hydrogens (tertiary/aromatic N) is 2. The van der Waals surface area contributed by atoms with E-state index in [0.717, 1.165) is 25.2 Å². The van der Waals surface area contributed by atoms with Crippen molar-refractivity contribution < 1.29 is 4.39 Å². The molecule has 5 heteroatoms. The topological polar surface area (TPSA) is 20.2 Å². The predicted molar refractivity (Wildman–Crippen MR) is 114 cm³/mol. The van der Waals surface area contributed by atoms with Crippen LogP contribution < -0.4 is 5.32 Å². The van der Waals surface area contributed by atoms with Gasteiger partial charge in [-0.05, 0) is 49.7 Å². The van der Waals surface area contributed by atoms with E-state index in [2.05, 4.69) is 46.1 Å². The molecule has 1 fully saturated rings. The molecule has 0 aliphatic carbocycles. The molecular weight excluding hydrogens is 373 g/mol. The molecule has 3 nitrogen and oxygen atoms in total. The summed E-state index contributed by atoms with van der Waals surface area (Å²) in [6.45, 7) is 6.82. The van der Waals surface area contributed by atoms with Crippen LogP contribution in [0.4, 0.5) is 4.39 Å². The van der Waals surface area contributed by atoms with Gasteiger partial charge in [-0.3, -0.25) is 4.90 Å². The molecule has 1 aliphatic rings. The van der Waals surface area contributed by atoms with Gasteiger partial charge in [0.15, 0.2) is 0 Å². The van der Waals surface area contributed by atoms with Crippen molar-refractivity contribution in [1.82, 2.24) is 14.8 Å². The van der Waals surface area contributed by atoms with Crippen LogP contribution in [-0.2, 0) is 13.1 Å². The van der Waals surface area contributed by atoms with Crippen molar-refractivity contribution >= 4 is 22.5 Å². The minimum Gasteiger partial charge on any atom is -0.343 e. The summed E-state index contributed by atoms with van der Waals surface area (Å²) in [5.74, 6) is -0.258. The van der Waals surface area contributed by atoms with Gasteiger partial charge < -0.3 is 9.88 Å². The highest BCUT2D eigenvalue weighted by molar-refractivity contribution is 6.31. The molecular formula is C23H27ClFN3. The van der Waals surface area contributed by atoms with E-state index in [1.807, 2.05) is 6.07 Å². The number of hydrogen-bond donors (Lipinski definition) is 1. The minimum absolute atomic E-state index is 0.258. The van der Waals surface area contributed by atoms with Gasteiger partial charge in [-0.1, -0.05) is 42.8 Å². The van der Waals surface area contributed by atoms with Crippen molar-refractivity contribution in [2.24, 2.45) is 0 Å². The third kappa shape index (κ3) is 3.95. The van der Waals surface area contributed by atoms with Crippen LogP contribution in [0.2, 0.25) is 5.02 Å². The zero-order valence-electron chi connectivity index (χ0n) is 16.3. The fourth-order valence-corrected chi connectivity index (χ4v) is 4.59. The summed E-state index contributed by atoms with van der Waals surface area (Å²) in [5, 5.41) is 5.33. The van der Waals surface area contributed by atoms with Gasteiger partial charge in [0, 0.05) is 46.8 Å². The van der Waals surface area contributed by atoms with Gasteiger partial charge in [0.2, 0.25) is 0 Å². The fourth-order valence-electron chi connectivity index (χ4n) is 4.36. The number of aromatic nitrogens is 1. The molecule has 0 amide bonds. The third-order valence-electron chi connectivity index (χ3n) is 5.86. The maximum atomic E-state index is 14.3. The molecule has 0 radical (unpaired) electrons. The summed E-state index contributed by atoms with van der Waals surface area (Å²) in [6, 6.07) is 13.8. The maximum Gasteiger partial charge on any atom is 0.129 e. The average Bonchev–Trinajstić information content (AvgIpc) is 3.30. The quantitative estimate of drug-likeness (QED) is 0.599. The zero-order chi connectivity index (χ0) is 19.5. The normalized spacial score (nSPS) is 17.6. The minimum atomic E-state index is -0.258. The van der Waals surface area contributed by atoms with Crippen molar-refractivity contribution in [2.75, 3.05) is 19.6 Å². The number of halogens is 2. The molecule has 148 valence electrons. The lowest BCUT2D eigenvalue weighted by Crippen LogP contribution is -2.37. The summed E-state index contributed by atoms with van der Waals surface area (Å²) in [6.07, 6.45) is 4.70. The number of benzene rings is 2. The van der Waals surface area contributed by atoms with Crippen LogP contribution >= 0.6 is 11.6 Å². The van der Waals surface area contributed by atoms with Crippen LogP contribution in [0.1, 0.15) is 30.9 Å². The van der Waals surface area contributed by atoms with Gasteiger partial charge in [-0.25, -0.2) is 4.39 Å². The van der Waals surface area contributed by atoms with Crippen LogP contribution in [0.25, 0.3) is 10.9 Å². The van der Waals surface area contributed by atoms with E-state index < -0.39 is 0 Å². The van der Waals surface area contributed by atoms with Gasteiger partial charge in [0.1, 0.15) is 5.82 Å². The summed E-state index contributed by atoms with van der Waals surface area (Å²) in [4.78, 5) is 2.55. The molecule has 0 bridgehead atoms. The first-order valence-electron chi connectivity index (χ1n) is 10.1. The molecule has 3 aromatic rings. The second-order valence-corrected chi connectivity index (χ2v) is 7.96. The first kappa shape index (κ1) is 19.4. The third-order valence-corrected chi connectivity index (χ3v) is 6.22. The van der Waals surface area contributed by atoms with E-state index in [1.165, 1.54) is 36.4 Å². The van der Waals surface area contributed by atoms with E-state index in [9.17, 15) is 4.39 Å². The molecule has 2 aromatic carbocycles. The summed E-state index contributed by atoms with van der Waals surface area (Å²) in [7, 11) is 0. The SMILES string of the molecule is CCN1CCC[C@@H]1CNCc1cn(Cc2c(F)cccc2Cl)c2ccccc12. The summed E-state index contributed by atoms with van der Waals surface area (Å²) < 4.78 is 16.4. The number of likely N-dealkylation sites (N-methyl/N-ethyl adjacent to an activating group) is 1. The Hall–Kier alpha value is -1.88. The number of fused-ring (bicyclic) bond motifs is 1. The van der Waals surface area contributed by atoms with Crippen molar-refractivity contribution in [3.8, 4) is 0 Å². The number of nitrogens with one attached hydrogen (secondary N) is 1. The lowest BCUT2D eigenvalue weighted by molar-refractivity contribution is 0.260. The van der Waals surface area contributed by atoms with Crippen molar-refractivity contribution in [2.45, 2.75) is 38.9 Å². The van der Waals surface area contributed by atoms with Gasteiger partial charge in [0.05, 0.1) is 6.54 Å². The Kier molecular flexibility index (Phi) is 6.00. The molecule has 0 saturated carbocycles. The molecule has 4 rings (SSSR count). The zero-order valence-corrected chi connectivity index (χ0v) is 17.1. The van der Waals surface area contributed by atoms with Crippen LogP contribution in [0.5, 0.6) is 0 Å². The van der Waals surface area contributed by atoms with E-state index in [1.54, 1.807) is 12.1 Å². The average molecular weight is 400 g/mol. The summed E-state index contributed by atoms with van der Waals surface area (Å²) >= 11 is 6.25. The molecule has 1 aliphatic heterocycles. The Morgan fingerprint density at radius 2 is 2.04 bits per heavy atom. The Morgan fingerprint density at radius 1 is 1.18 bits per heavy atom. The number of rotatable bonds is 7. The number of para-hydroxylation sites is 1. The van der Waals surface area contributed by atoms with E-state index in [-0.39, 0.29) is 5.82 Å². The number of likely N-dealkylation sites (tertiary alicyclic amines) is 1. The maximum absolute atomic E-state index is 14.3. The molecule has 28 heavy (non-hydrogen) atoms. The molecule has 1 aromatic heterocycles. The first-order valence-corrected chi connectivity index (χ1v) is 10.5. The van der Waals surface area contributed by atoms with Crippen molar-refractivity contribution in [3.63, 3.8) is 0 Å². The highest BCUT2D eigenvalue weighted by Crippen LogP contribution is 2.26. The lowest BCUT2D eigenvalue weighted by Gasteiger charge is -2.22. The van der Waals surface area contributed by atoms with Crippen LogP contribution in [0.15, 0.2) is 48.7 Å². The second-order valence-electron chi connectivity index (χ2n) is 7.56. The van der Waals surface area contributed by atoms with Gasteiger partial charge in [-0.2, -0.15) is 0 Å².